The molecule has 1 aromatic rings. The second kappa shape index (κ2) is 8.05. The van der Waals surface area contributed by atoms with E-state index >= 15 is 0 Å². The number of hydrogen-bond donors (Lipinski definition) is 1. The van der Waals surface area contributed by atoms with Crippen molar-refractivity contribution in [3.63, 3.8) is 0 Å². The van der Waals surface area contributed by atoms with E-state index in [2.05, 4.69) is 32.7 Å². The molecule has 0 spiro atoms. The first-order chi connectivity index (χ1) is 12.6. The van der Waals surface area contributed by atoms with Gasteiger partial charge in [0, 0.05) is 12.6 Å². The zero-order chi connectivity index (χ0) is 20.4. The topological polar surface area (TPSA) is 58.6 Å². The van der Waals surface area contributed by atoms with E-state index < -0.39 is 12.0 Å². The van der Waals surface area contributed by atoms with E-state index in [1.807, 2.05) is 24.3 Å². The molecule has 1 amide bonds. The summed E-state index contributed by atoms with van der Waals surface area (Å²) >= 11 is 5.36. The Morgan fingerprint density at radius 3 is 2.37 bits per heavy atom. The Balaban J connectivity index is 2.57. The van der Waals surface area contributed by atoms with E-state index in [1.54, 1.807) is 6.92 Å². The molecule has 0 aliphatic carbocycles. The quantitative estimate of drug-likeness (QED) is 0.485. The van der Waals surface area contributed by atoms with Crippen molar-refractivity contribution in [2.75, 3.05) is 6.61 Å². The Bertz CT molecular complexity index is 804. The summed E-state index contributed by atoms with van der Waals surface area (Å²) in [6.45, 7) is 13.2. The number of nitrogens with zero attached hydrogens (tertiary/aromatic N) is 1. The van der Waals surface area contributed by atoms with E-state index in [1.165, 1.54) is 17.9 Å². The van der Waals surface area contributed by atoms with E-state index in [0.29, 0.717) is 11.3 Å². The Kier molecular flexibility index (Phi) is 6.21. The highest BCUT2D eigenvalue weighted by atomic mass is 32.1. The van der Waals surface area contributed by atoms with E-state index in [4.69, 9.17) is 17.0 Å². The van der Waals surface area contributed by atoms with Crippen LogP contribution in [-0.2, 0) is 19.7 Å². The van der Waals surface area contributed by atoms with Crippen LogP contribution in [0.15, 0.2) is 48.2 Å². The minimum Gasteiger partial charge on any atom is -0.458 e. The Morgan fingerprint density at radius 1 is 1.30 bits per heavy atom. The molecule has 1 atom stereocenters. The molecule has 0 saturated heterocycles. The maximum Gasteiger partial charge on any atom is 0.338 e. The Morgan fingerprint density at radius 2 is 1.89 bits per heavy atom. The highest BCUT2D eigenvalue weighted by molar-refractivity contribution is 7.80. The van der Waals surface area contributed by atoms with Gasteiger partial charge in [0.1, 0.15) is 6.61 Å². The second-order valence-electron chi connectivity index (χ2n) is 7.52. The predicted molar refractivity (Wildman–Crippen MR) is 110 cm³/mol. The number of allylic oxidation sites excluding steroid dienone is 1. The molecule has 0 aromatic heterocycles. The van der Waals surface area contributed by atoms with Crippen molar-refractivity contribution < 1.29 is 14.3 Å². The van der Waals surface area contributed by atoms with Crippen molar-refractivity contribution in [2.24, 2.45) is 0 Å². The van der Waals surface area contributed by atoms with Crippen molar-refractivity contribution in [1.82, 2.24) is 10.2 Å². The van der Waals surface area contributed by atoms with Crippen molar-refractivity contribution in [2.45, 2.75) is 46.1 Å². The highest BCUT2D eigenvalue weighted by Crippen LogP contribution is 2.35. The lowest BCUT2D eigenvalue weighted by molar-refractivity contribution is -0.139. The third kappa shape index (κ3) is 4.45. The molecule has 144 valence electrons. The van der Waals surface area contributed by atoms with Gasteiger partial charge < -0.3 is 10.1 Å². The minimum atomic E-state index is -0.636. The molecule has 1 aliphatic heterocycles. The van der Waals surface area contributed by atoms with Gasteiger partial charge in [0.05, 0.1) is 11.6 Å². The molecule has 0 radical (unpaired) electrons. The van der Waals surface area contributed by atoms with Crippen LogP contribution in [0.1, 0.15) is 51.8 Å². The van der Waals surface area contributed by atoms with Gasteiger partial charge in [-0.15, -0.1) is 0 Å². The number of esters is 1. The maximum absolute atomic E-state index is 12.7. The molecular formula is C21H26N2O3S. The van der Waals surface area contributed by atoms with Gasteiger partial charge in [0.15, 0.2) is 5.11 Å². The zero-order valence-electron chi connectivity index (χ0n) is 16.5. The molecule has 0 saturated carbocycles. The van der Waals surface area contributed by atoms with Crippen LogP contribution in [0, 0.1) is 0 Å². The molecule has 1 aliphatic rings. The minimum absolute atomic E-state index is 0.000306. The average Bonchev–Trinajstić information content (AvgIpc) is 2.58. The number of rotatable bonds is 4. The third-order valence-corrected chi connectivity index (χ3v) is 4.73. The van der Waals surface area contributed by atoms with E-state index in [0.717, 1.165) is 11.1 Å². The number of thiocarbonyl (C=S) groups is 1. The van der Waals surface area contributed by atoms with Gasteiger partial charge in [0.2, 0.25) is 5.91 Å². The lowest BCUT2D eigenvalue weighted by Gasteiger charge is -2.38. The Hall–Kier alpha value is -2.47. The summed E-state index contributed by atoms with van der Waals surface area (Å²) < 4.78 is 5.26. The summed E-state index contributed by atoms with van der Waals surface area (Å²) in [4.78, 5) is 26.4. The fourth-order valence-corrected chi connectivity index (χ4v) is 3.41. The van der Waals surface area contributed by atoms with Crippen LogP contribution in [0.2, 0.25) is 0 Å². The van der Waals surface area contributed by atoms with Gasteiger partial charge in [-0.05, 0) is 35.7 Å². The van der Waals surface area contributed by atoms with Gasteiger partial charge in [-0.2, -0.15) is 0 Å². The van der Waals surface area contributed by atoms with Crippen LogP contribution in [0.4, 0.5) is 0 Å². The summed E-state index contributed by atoms with van der Waals surface area (Å²) in [5, 5.41) is 3.21. The molecule has 27 heavy (non-hydrogen) atoms. The third-order valence-electron chi connectivity index (χ3n) is 4.43. The molecular weight excluding hydrogens is 360 g/mol. The molecule has 0 bridgehead atoms. The van der Waals surface area contributed by atoms with Gasteiger partial charge >= 0.3 is 5.97 Å². The van der Waals surface area contributed by atoms with Gasteiger partial charge in [-0.1, -0.05) is 57.7 Å². The second-order valence-corrected chi connectivity index (χ2v) is 7.91. The number of carbonyl (C=O) groups is 2. The normalized spacial score (nSPS) is 17.4. The molecule has 2 rings (SSSR count). The highest BCUT2D eigenvalue weighted by Gasteiger charge is 2.39. The number of benzene rings is 1. The lowest BCUT2D eigenvalue weighted by atomic mass is 9.85. The first kappa shape index (κ1) is 20.8. The molecule has 0 unspecified atom stereocenters. The molecule has 6 heteroatoms. The zero-order valence-corrected chi connectivity index (χ0v) is 17.3. The van der Waals surface area contributed by atoms with Crippen LogP contribution in [0.25, 0.3) is 0 Å². The summed E-state index contributed by atoms with van der Waals surface area (Å²) in [5.41, 5.74) is 2.90. The largest absolute Gasteiger partial charge is 0.458 e. The SMILES string of the molecule is C=CCOC(=O)C1=C(C)NC(=S)N(C(C)=O)[C@@H]1c1ccc(C(C)(C)C)cc1. The predicted octanol–water partition coefficient (Wildman–Crippen LogP) is 3.77. The number of hydrogen-bond acceptors (Lipinski definition) is 4. The van der Waals surface area contributed by atoms with Crippen LogP contribution >= 0.6 is 12.2 Å². The Labute approximate surface area is 166 Å². The number of ether oxygens (including phenoxy) is 1. The van der Waals surface area contributed by atoms with Gasteiger partial charge in [-0.3, -0.25) is 9.69 Å². The van der Waals surface area contributed by atoms with Crippen LogP contribution < -0.4 is 5.32 Å². The molecule has 0 fully saturated rings. The first-order valence-corrected chi connectivity index (χ1v) is 9.18. The van der Waals surface area contributed by atoms with Crippen LogP contribution in [0.5, 0.6) is 0 Å². The number of carbonyl (C=O) groups excluding carboxylic acids is 2. The lowest BCUT2D eigenvalue weighted by Crippen LogP contribution is -2.50. The molecule has 5 nitrogen and oxygen atoms in total. The van der Waals surface area contributed by atoms with Crippen molar-refractivity contribution in [3.8, 4) is 0 Å². The smallest absolute Gasteiger partial charge is 0.338 e. The van der Waals surface area contributed by atoms with Crippen molar-refractivity contribution in [3.05, 3.63) is 59.3 Å². The first-order valence-electron chi connectivity index (χ1n) is 8.78. The fraction of sp³-hybridized carbons (Fsp3) is 0.381. The molecule has 1 N–H and O–H groups in total. The van der Waals surface area contributed by atoms with Crippen LogP contribution in [0.3, 0.4) is 0 Å². The van der Waals surface area contributed by atoms with E-state index in [-0.39, 0.29) is 23.0 Å². The molecule has 1 aromatic carbocycles. The van der Waals surface area contributed by atoms with Gasteiger partial charge in [0.25, 0.3) is 0 Å². The van der Waals surface area contributed by atoms with Crippen LogP contribution in [-0.4, -0.2) is 28.5 Å². The van der Waals surface area contributed by atoms with Crippen molar-refractivity contribution >= 4 is 29.2 Å². The number of nitrogens with one attached hydrogen (secondary N) is 1. The maximum atomic E-state index is 12.7. The average molecular weight is 387 g/mol. The van der Waals surface area contributed by atoms with Crippen molar-refractivity contribution in [1.29, 1.82) is 0 Å². The summed E-state index contributed by atoms with van der Waals surface area (Å²) in [6.07, 6.45) is 1.50. The van der Waals surface area contributed by atoms with Gasteiger partial charge in [-0.25, -0.2) is 4.79 Å². The fourth-order valence-electron chi connectivity index (χ4n) is 3.02. The molecule has 1 heterocycles. The summed E-state index contributed by atoms with van der Waals surface area (Å²) in [6, 6.07) is 7.26. The standard InChI is InChI=1S/C21H26N2O3S/c1-7-12-26-19(25)17-13(2)22-20(27)23(14(3)24)18(17)15-8-10-16(11-9-15)21(4,5)6/h7-11,18H,1,12H2,2-6H3,(H,22,27)/t18-/m1/s1. The summed E-state index contributed by atoms with van der Waals surface area (Å²) in [5.74, 6) is -0.752. The van der Waals surface area contributed by atoms with E-state index in [9.17, 15) is 9.59 Å². The monoisotopic (exact) mass is 386 g/mol. The summed E-state index contributed by atoms with van der Waals surface area (Å²) in [7, 11) is 0. The number of amides is 1.